The maximum absolute atomic E-state index is 13.4. The number of carbonyl (C=O) groups is 2. The number of aromatic hydroxyl groups is 1. The number of hydrogen-bond donors (Lipinski definition) is 5. The Morgan fingerprint density at radius 3 is 2.54 bits per heavy atom. The van der Waals surface area contributed by atoms with E-state index in [0.29, 0.717) is 33.9 Å². The predicted octanol–water partition coefficient (Wildman–Crippen LogP) is 3.72. The van der Waals surface area contributed by atoms with Gasteiger partial charge in [0.05, 0.1) is 23.2 Å². The van der Waals surface area contributed by atoms with E-state index in [2.05, 4.69) is 20.0 Å². The molecule has 0 radical (unpaired) electrons. The number of hydrogen-bond acceptors (Lipinski definition) is 9. The fraction of sp³-hybridized carbons (Fsp3) is 0.296. The third kappa shape index (κ3) is 5.61. The van der Waals surface area contributed by atoms with Crippen molar-refractivity contribution in [3.8, 4) is 5.88 Å². The van der Waals surface area contributed by atoms with E-state index in [1.54, 1.807) is 55.9 Å². The van der Waals surface area contributed by atoms with E-state index in [4.69, 9.17) is 5.41 Å². The molecule has 39 heavy (non-hydrogen) atoms. The lowest BCUT2D eigenvalue weighted by Crippen LogP contribution is -2.40. The number of pyridine rings is 1. The van der Waals surface area contributed by atoms with Crippen LogP contribution in [0.5, 0.6) is 5.88 Å². The van der Waals surface area contributed by atoms with Crippen molar-refractivity contribution < 1.29 is 19.8 Å². The summed E-state index contributed by atoms with van der Waals surface area (Å²) >= 11 is 0.965. The number of aryl methyl sites for hydroxylation is 1. The molecule has 0 fully saturated rings. The minimum atomic E-state index is -0.647. The second-order valence-electron chi connectivity index (χ2n) is 9.45. The molecule has 5 N–H and O–H groups in total. The van der Waals surface area contributed by atoms with E-state index in [0.717, 1.165) is 22.6 Å². The number of benzene rings is 1. The quantitative estimate of drug-likeness (QED) is 0.164. The highest BCUT2D eigenvalue weighted by molar-refractivity contribution is 7.11. The van der Waals surface area contributed by atoms with Gasteiger partial charge in [0.2, 0.25) is 5.88 Å². The van der Waals surface area contributed by atoms with E-state index >= 15 is 0 Å². The summed E-state index contributed by atoms with van der Waals surface area (Å²) in [5, 5.41) is 35.7. The fourth-order valence-electron chi connectivity index (χ4n) is 4.20. The summed E-state index contributed by atoms with van der Waals surface area (Å²) in [4.78, 5) is 31.6. The molecule has 1 amide bonds. The summed E-state index contributed by atoms with van der Waals surface area (Å²) in [6, 6.07) is 9.98. The first kappa shape index (κ1) is 27.7. The average Bonchev–Trinajstić information content (AvgIpc) is 3.44. The Kier molecular flexibility index (Phi) is 7.98. The van der Waals surface area contributed by atoms with Gasteiger partial charge in [0.15, 0.2) is 0 Å². The van der Waals surface area contributed by atoms with Gasteiger partial charge in [-0.05, 0) is 68.2 Å². The van der Waals surface area contributed by atoms with Crippen LogP contribution in [0.25, 0.3) is 10.9 Å². The highest BCUT2D eigenvalue weighted by Crippen LogP contribution is 2.32. The van der Waals surface area contributed by atoms with Gasteiger partial charge in [-0.2, -0.15) is 4.37 Å². The Morgan fingerprint density at radius 1 is 1.18 bits per heavy atom. The van der Waals surface area contributed by atoms with Crippen molar-refractivity contribution in [3.05, 3.63) is 65.0 Å². The van der Waals surface area contributed by atoms with Crippen molar-refractivity contribution in [1.29, 1.82) is 5.41 Å². The molecule has 4 aromatic rings. The Labute approximate surface area is 229 Å². The van der Waals surface area contributed by atoms with Crippen molar-refractivity contribution in [2.75, 3.05) is 19.4 Å². The smallest absolute Gasteiger partial charge is 0.264 e. The third-order valence-corrected chi connectivity index (χ3v) is 7.14. The van der Waals surface area contributed by atoms with Crippen molar-refractivity contribution >= 4 is 50.9 Å². The molecule has 0 aliphatic heterocycles. The lowest BCUT2D eigenvalue weighted by Gasteiger charge is -2.20. The molecule has 1 aromatic carbocycles. The van der Waals surface area contributed by atoms with Crippen LogP contribution in [0.4, 0.5) is 10.8 Å². The number of fused-ring (bicyclic) bond motifs is 1. The van der Waals surface area contributed by atoms with Crippen LogP contribution in [-0.4, -0.2) is 72.9 Å². The van der Waals surface area contributed by atoms with E-state index in [-0.39, 0.29) is 29.1 Å². The van der Waals surface area contributed by atoms with Gasteiger partial charge in [0, 0.05) is 36.9 Å². The molecule has 3 heterocycles. The van der Waals surface area contributed by atoms with Crippen LogP contribution in [0.2, 0.25) is 0 Å². The maximum Gasteiger partial charge on any atom is 0.264 e. The molecular formula is C27H31N7O4S. The molecular weight excluding hydrogens is 518 g/mol. The summed E-state index contributed by atoms with van der Waals surface area (Å²) < 4.78 is 5.52. The molecule has 0 spiro atoms. The number of aromatic nitrogens is 3. The number of aliphatic hydroxyl groups is 1. The Morgan fingerprint density at radius 2 is 1.90 bits per heavy atom. The van der Waals surface area contributed by atoms with Crippen LogP contribution in [0, 0.1) is 12.3 Å². The number of nitrogens with one attached hydrogen (secondary N) is 3. The lowest BCUT2D eigenvalue weighted by atomic mass is 10.1. The molecule has 204 valence electrons. The Bertz CT molecular complexity index is 1540. The highest BCUT2D eigenvalue weighted by Gasteiger charge is 2.22. The molecule has 4 rings (SSSR count). The van der Waals surface area contributed by atoms with Crippen LogP contribution < -0.4 is 10.6 Å². The van der Waals surface area contributed by atoms with E-state index < -0.39 is 12.1 Å². The van der Waals surface area contributed by atoms with E-state index in [9.17, 15) is 19.8 Å². The van der Waals surface area contributed by atoms with E-state index in [1.165, 1.54) is 11.1 Å². The van der Waals surface area contributed by atoms with Gasteiger partial charge in [-0.15, -0.1) is 0 Å². The highest BCUT2D eigenvalue weighted by atomic mass is 32.1. The summed E-state index contributed by atoms with van der Waals surface area (Å²) in [6.07, 6.45) is 1.32. The second-order valence-corrected chi connectivity index (χ2v) is 10.2. The number of carbonyl (C=O) groups excluding carboxylic acids is 2. The number of aliphatic hydroxyl groups excluding tert-OH is 1. The molecule has 0 saturated heterocycles. The molecule has 3 aromatic heterocycles. The van der Waals surface area contributed by atoms with Crippen molar-refractivity contribution in [3.63, 3.8) is 0 Å². The number of rotatable bonds is 8. The monoisotopic (exact) mass is 549 g/mol. The molecule has 2 unspecified atom stereocenters. The zero-order chi connectivity index (χ0) is 28.4. The standard InChI is InChI=1S/C27H31N7O4S/c1-6-20(35)15(3)30-23(28)22-24(36)32-39-25(22)31-21-10-8-17(13-29-21)27(38)34-14(2)11-18-12-16(7-9-19(18)34)26(37)33(4)5/h7-13,15,20,35H,6H2,1-5H3,(H2,28,30)(H,29,31)(H,32,36). The Hall–Kier alpha value is -4.29. The average molecular weight is 550 g/mol. The topological polar surface area (TPSA) is 156 Å². The van der Waals surface area contributed by atoms with Crippen molar-refractivity contribution in [2.24, 2.45) is 0 Å². The minimum Gasteiger partial charge on any atom is -0.492 e. The number of nitrogens with zero attached hydrogens (tertiary/aromatic N) is 4. The first-order chi connectivity index (χ1) is 18.5. The number of amidine groups is 1. The number of anilines is 2. The first-order valence-electron chi connectivity index (χ1n) is 12.4. The second kappa shape index (κ2) is 11.2. The van der Waals surface area contributed by atoms with Gasteiger partial charge in [0.1, 0.15) is 22.2 Å². The van der Waals surface area contributed by atoms with Gasteiger partial charge < -0.3 is 25.7 Å². The fourth-order valence-corrected chi connectivity index (χ4v) is 4.90. The maximum atomic E-state index is 13.4. The largest absolute Gasteiger partial charge is 0.492 e. The van der Waals surface area contributed by atoms with Gasteiger partial charge in [-0.3, -0.25) is 19.6 Å². The molecule has 0 saturated carbocycles. The SMILES string of the molecule is CCC(O)C(C)NC(=N)c1c(O)nsc1Nc1ccc(C(=O)n2c(C)cc3cc(C(=O)N(C)C)ccc32)cn1. The predicted molar refractivity (Wildman–Crippen MR) is 151 cm³/mol. The zero-order valence-electron chi connectivity index (χ0n) is 22.3. The van der Waals surface area contributed by atoms with Crippen LogP contribution in [0.3, 0.4) is 0 Å². The van der Waals surface area contributed by atoms with Gasteiger partial charge in [-0.25, -0.2) is 4.98 Å². The normalized spacial score (nSPS) is 12.7. The van der Waals surface area contributed by atoms with Crippen LogP contribution in [0.15, 0.2) is 42.6 Å². The molecule has 0 bridgehead atoms. The Balaban J connectivity index is 1.54. The van der Waals surface area contributed by atoms with Crippen molar-refractivity contribution in [2.45, 2.75) is 39.3 Å². The summed E-state index contributed by atoms with van der Waals surface area (Å²) in [5.41, 5.74) is 2.48. The summed E-state index contributed by atoms with van der Waals surface area (Å²) in [7, 11) is 3.38. The number of amides is 1. The van der Waals surface area contributed by atoms with Crippen LogP contribution in [-0.2, 0) is 0 Å². The zero-order valence-corrected chi connectivity index (χ0v) is 23.1. The molecule has 12 heteroatoms. The van der Waals surface area contributed by atoms with Crippen LogP contribution in [0.1, 0.15) is 52.2 Å². The lowest BCUT2D eigenvalue weighted by molar-refractivity contribution is 0.0827. The minimum absolute atomic E-state index is 0.0825. The van der Waals surface area contributed by atoms with E-state index in [1.807, 2.05) is 19.9 Å². The first-order valence-corrected chi connectivity index (χ1v) is 13.1. The third-order valence-electron chi connectivity index (χ3n) is 6.39. The van der Waals surface area contributed by atoms with Gasteiger partial charge >= 0.3 is 0 Å². The molecule has 2 atom stereocenters. The summed E-state index contributed by atoms with van der Waals surface area (Å²) in [6.45, 7) is 5.42. The molecule has 0 aliphatic carbocycles. The molecule has 0 aliphatic rings. The summed E-state index contributed by atoms with van der Waals surface area (Å²) in [5.74, 6) is -0.376. The van der Waals surface area contributed by atoms with Crippen molar-refractivity contribution in [1.82, 2.24) is 24.1 Å². The van der Waals surface area contributed by atoms with Gasteiger partial charge in [-0.1, -0.05) is 6.92 Å². The molecule has 11 nitrogen and oxygen atoms in total. The van der Waals surface area contributed by atoms with Gasteiger partial charge in [0.25, 0.3) is 11.8 Å². The van der Waals surface area contributed by atoms with Crippen LogP contribution >= 0.6 is 11.5 Å².